The first kappa shape index (κ1) is 15.4. The van der Waals surface area contributed by atoms with E-state index in [2.05, 4.69) is 25.8 Å². The van der Waals surface area contributed by atoms with Gasteiger partial charge in [-0.1, -0.05) is 24.3 Å². The molecule has 3 N–H and O–H groups in total. The van der Waals surface area contributed by atoms with Crippen molar-refractivity contribution in [1.82, 2.24) is 15.2 Å². The van der Waals surface area contributed by atoms with Crippen LogP contribution in [0, 0.1) is 6.92 Å². The lowest BCUT2D eigenvalue weighted by Crippen LogP contribution is -2.17. The van der Waals surface area contributed by atoms with Crippen LogP contribution < -0.4 is 10.6 Å². The number of nitrogens with zero attached hydrogens (tertiary/aromatic N) is 2. The molecule has 0 saturated heterocycles. The SMILES string of the molecule is Cc1ccc(NC(=O)c2ccccc2)c(NC(=O)c2ncn[nH]2)c1. The number of carbonyl (C=O) groups is 2. The van der Waals surface area contributed by atoms with Gasteiger partial charge in [0.2, 0.25) is 5.82 Å². The van der Waals surface area contributed by atoms with Gasteiger partial charge >= 0.3 is 0 Å². The van der Waals surface area contributed by atoms with Gasteiger partial charge in [0.15, 0.2) is 0 Å². The molecule has 7 nitrogen and oxygen atoms in total. The molecule has 1 aromatic heterocycles. The second kappa shape index (κ2) is 6.74. The first-order chi connectivity index (χ1) is 11.6. The quantitative estimate of drug-likeness (QED) is 0.687. The zero-order valence-corrected chi connectivity index (χ0v) is 12.9. The Labute approximate surface area is 138 Å². The van der Waals surface area contributed by atoms with Crippen molar-refractivity contribution in [3.63, 3.8) is 0 Å². The minimum Gasteiger partial charge on any atom is -0.320 e. The highest BCUT2D eigenvalue weighted by Gasteiger charge is 2.14. The third-order valence-electron chi connectivity index (χ3n) is 3.34. The molecule has 2 amide bonds. The lowest BCUT2D eigenvalue weighted by Gasteiger charge is -2.12. The first-order valence-electron chi connectivity index (χ1n) is 7.27. The van der Waals surface area contributed by atoms with Crippen LogP contribution in [0.3, 0.4) is 0 Å². The Morgan fingerprint density at radius 1 is 0.958 bits per heavy atom. The van der Waals surface area contributed by atoms with Gasteiger partial charge in [-0.15, -0.1) is 0 Å². The predicted molar refractivity (Wildman–Crippen MR) is 89.9 cm³/mol. The van der Waals surface area contributed by atoms with E-state index in [9.17, 15) is 9.59 Å². The Morgan fingerprint density at radius 2 is 1.71 bits per heavy atom. The van der Waals surface area contributed by atoms with Crippen molar-refractivity contribution in [2.75, 3.05) is 10.6 Å². The van der Waals surface area contributed by atoms with Crippen LogP contribution in [0.25, 0.3) is 0 Å². The van der Waals surface area contributed by atoms with E-state index in [1.165, 1.54) is 6.33 Å². The van der Waals surface area contributed by atoms with E-state index in [4.69, 9.17) is 0 Å². The van der Waals surface area contributed by atoms with Crippen molar-refractivity contribution in [1.29, 1.82) is 0 Å². The van der Waals surface area contributed by atoms with E-state index in [1.807, 2.05) is 19.1 Å². The van der Waals surface area contributed by atoms with Crippen LogP contribution in [-0.4, -0.2) is 27.0 Å². The van der Waals surface area contributed by atoms with E-state index in [0.29, 0.717) is 16.9 Å². The van der Waals surface area contributed by atoms with Gasteiger partial charge in [-0.05, 0) is 36.8 Å². The molecule has 1 heterocycles. The molecule has 0 fully saturated rings. The highest BCUT2D eigenvalue weighted by atomic mass is 16.2. The number of carbonyl (C=O) groups excluding carboxylic acids is 2. The molecule has 0 radical (unpaired) electrons. The lowest BCUT2D eigenvalue weighted by atomic mass is 10.1. The fourth-order valence-corrected chi connectivity index (χ4v) is 2.15. The maximum absolute atomic E-state index is 12.3. The van der Waals surface area contributed by atoms with Gasteiger partial charge < -0.3 is 10.6 Å². The number of hydrogen-bond acceptors (Lipinski definition) is 4. The zero-order valence-electron chi connectivity index (χ0n) is 12.9. The fraction of sp³-hybridized carbons (Fsp3) is 0.0588. The third-order valence-corrected chi connectivity index (χ3v) is 3.34. The molecule has 3 rings (SSSR count). The molecule has 24 heavy (non-hydrogen) atoms. The predicted octanol–water partition coefficient (Wildman–Crippen LogP) is 2.62. The van der Waals surface area contributed by atoms with Crippen LogP contribution in [-0.2, 0) is 0 Å². The normalized spacial score (nSPS) is 10.2. The number of nitrogens with one attached hydrogen (secondary N) is 3. The van der Waals surface area contributed by atoms with E-state index in [0.717, 1.165) is 5.56 Å². The van der Waals surface area contributed by atoms with Crippen molar-refractivity contribution < 1.29 is 9.59 Å². The number of anilines is 2. The Kier molecular flexibility index (Phi) is 4.33. The van der Waals surface area contributed by atoms with Crippen LogP contribution in [0.2, 0.25) is 0 Å². The smallest absolute Gasteiger partial charge is 0.293 e. The number of rotatable bonds is 4. The molecule has 0 spiro atoms. The molecular formula is C17H15N5O2. The summed E-state index contributed by atoms with van der Waals surface area (Å²) < 4.78 is 0. The molecule has 0 unspecified atom stereocenters. The zero-order chi connectivity index (χ0) is 16.9. The summed E-state index contributed by atoms with van der Waals surface area (Å²) in [5.41, 5.74) is 2.47. The van der Waals surface area contributed by atoms with Crippen molar-refractivity contribution in [3.8, 4) is 0 Å². The van der Waals surface area contributed by atoms with Gasteiger partial charge in [0, 0.05) is 5.56 Å². The highest BCUT2D eigenvalue weighted by Crippen LogP contribution is 2.24. The van der Waals surface area contributed by atoms with Crippen LogP contribution in [0.1, 0.15) is 26.5 Å². The topological polar surface area (TPSA) is 99.8 Å². The van der Waals surface area contributed by atoms with Gasteiger partial charge in [-0.25, -0.2) is 4.98 Å². The van der Waals surface area contributed by atoms with Crippen LogP contribution >= 0.6 is 0 Å². The van der Waals surface area contributed by atoms with Gasteiger partial charge in [0.1, 0.15) is 6.33 Å². The Hall–Kier alpha value is -3.48. The molecule has 0 aliphatic rings. The highest BCUT2D eigenvalue weighted by molar-refractivity contribution is 6.09. The summed E-state index contributed by atoms with van der Waals surface area (Å²) in [5.74, 6) is -0.597. The fourth-order valence-electron chi connectivity index (χ4n) is 2.15. The molecule has 7 heteroatoms. The third kappa shape index (κ3) is 3.46. The summed E-state index contributed by atoms with van der Waals surface area (Å²) in [6.07, 6.45) is 1.25. The Morgan fingerprint density at radius 3 is 2.42 bits per heavy atom. The summed E-state index contributed by atoms with van der Waals surface area (Å²) in [4.78, 5) is 28.3. The Bertz CT molecular complexity index is 860. The molecule has 2 aromatic carbocycles. The van der Waals surface area contributed by atoms with E-state index >= 15 is 0 Å². The molecule has 3 aromatic rings. The van der Waals surface area contributed by atoms with Crippen LogP contribution in [0.15, 0.2) is 54.9 Å². The second-order valence-electron chi connectivity index (χ2n) is 5.16. The molecule has 0 atom stereocenters. The van der Waals surface area contributed by atoms with Crippen molar-refractivity contribution in [2.45, 2.75) is 6.92 Å². The second-order valence-corrected chi connectivity index (χ2v) is 5.16. The number of aromatic nitrogens is 3. The molecule has 0 aliphatic carbocycles. The maximum atomic E-state index is 12.3. The molecule has 120 valence electrons. The van der Waals surface area contributed by atoms with Crippen molar-refractivity contribution >= 4 is 23.2 Å². The standard InChI is InChI=1S/C17H15N5O2/c1-11-7-8-13(20-16(23)12-5-3-2-4-6-12)14(9-11)21-17(24)15-18-10-19-22-15/h2-10H,1H3,(H,20,23)(H,21,24)(H,18,19,22). The largest absolute Gasteiger partial charge is 0.320 e. The molecule has 0 aliphatic heterocycles. The summed E-state index contributed by atoms with van der Waals surface area (Å²) >= 11 is 0. The number of amides is 2. The van der Waals surface area contributed by atoms with Gasteiger partial charge in [-0.2, -0.15) is 5.10 Å². The van der Waals surface area contributed by atoms with Crippen molar-refractivity contribution in [3.05, 3.63) is 71.8 Å². The summed E-state index contributed by atoms with van der Waals surface area (Å²) in [6, 6.07) is 14.2. The number of H-pyrrole nitrogens is 1. The average molecular weight is 321 g/mol. The summed E-state index contributed by atoms with van der Waals surface area (Å²) in [5, 5.41) is 11.7. The minimum absolute atomic E-state index is 0.0943. The summed E-state index contributed by atoms with van der Waals surface area (Å²) in [7, 11) is 0. The molecule has 0 saturated carbocycles. The van der Waals surface area contributed by atoms with Gasteiger partial charge in [0.05, 0.1) is 11.4 Å². The lowest BCUT2D eigenvalue weighted by molar-refractivity contribution is 0.101. The maximum Gasteiger partial charge on any atom is 0.293 e. The monoisotopic (exact) mass is 321 g/mol. The molecular weight excluding hydrogens is 306 g/mol. The first-order valence-corrected chi connectivity index (χ1v) is 7.27. The average Bonchev–Trinajstić information content (AvgIpc) is 3.13. The Balaban J connectivity index is 1.83. The van der Waals surface area contributed by atoms with Crippen LogP contribution in [0.4, 0.5) is 11.4 Å². The number of aromatic amines is 1. The number of hydrogen-bond donors (Lipinski definition) is 3. The minimum atomic E-state index is -0.437. The van der Waals surface area contributed by atoms with E-state index < -0.39 is 5.91 Å². The van der Waals surface area contributed by atoms with E-state index in [-0.39, 0.29) is 11.7 Å². The van der Waals surface area contributed by atoms with E-state index in [1.54, 1.807) is 36.4 Å². The number of aryl methyl sites for hydroxylation is 1. The van der Waals surface area contributed by atoms with Gasteiger partial charge in [0.25, 0.3) is 11.8 Å². The van der Waals surface area contributed by atoms with Crippen molar-refractivity contribution in [2.24, 2.45) is 0 Å². The number of benzene rings is 2. The summed E-state index contributed by atoms with van der Waals surface area (Å²) in [6.45, 7) is 1.90. The van der Waals surface area contributed by atoms with Gasteiger partial charge in [-0.3, -0.25) is 14.7 Å². The van der Waals surface area contributed by atoms with Crippen LogP contribution in [0.5, 0.6) is 0 Å². The molecule has 0 bridgehead atoms.